The molecule has 5 heteroatoms. The molecule has 0 heterocycles. The zero-order valence-corrected chi connectivity index (χ0v) is 11.6. The SMILES string of the molecule is N=C(N)c1ccc(CSc2cccc(Cl)c2)c(F)c1. The number of amidine groups is 1. The molecule has 0 bridgehead atoms. The van der Waals surface area contributed by atoms with E-state index in [1.165, 1.54) is 17.8 Å². The Bertz CT molecular complexity index is 616. The molecule has 2 aromatic rings. The van der Waals surface area contributed by atoms with E-state index < -0.39 is 0 Å². The van der Waals surface area contributed by atoms with Gasteiger partial charge < -0.3 is 5.73 Å². The average molecular weight is 295 g/mol. The van der Waals surface area contributed by atoms with Crippen LogP contribution in [0.25, 0.3) is 0 Å². The third-order valence-electron chi connectivity index (χ3n) is 2.55. The van der Waals surface area contributed by atoms with E-state index in [1.807, 2.05) is 18.2 Å². The largest absolute Gasteiger partial charge is 0.384 e. The molecule has 2 nitrogen and oxygen atoms in total. The zero-order chi connectivity index (χ0) is 13.8. The summed E-state index contributed by atoms with van der Waals surface area (Å²) < 4.78 is 13.8. The fourth-order valence-electron chi connectivity index (χ4n) is 1.55. The van der Waals surface area contributed by atoms with E-state index in [2.05, 4.69) is 0 Å². The van der Waals surface area contributed by atoms with Crippen molar-refractivity contribution in [3.63, 3.8) is 0 Å². The fourth-order valence-corrected chi connectivity index (χ4v) is 2.75. The summed E-state index contributed by atoms with van der Waals surface area (Å²) in [5, 5.41) is 7.92. The van der Waals surface area contributed by atoms with E-state index in [9.17, 15) is 4.39 Å². The van der Waals surface area contributed by atoms with Crippen LogP contribution in [-0.2, 0) is 5.75 Å². The highest BCUT2D eigenvalue weighted by molar-refractivity contribution is 7.98. The first-order valence-corrected chi connectivity index (χ1v) is 6.94. The average Bonchev–Trinajstić information content (AvgIpc) is 2.37. The van der Waals surface area contributed by atoms with Gasteiger partial charge in [0.15, 0.2) is 0 Å². The minimum atomic E-state index is -0.345. The molecule has 2 aromatic carbocycles. The van der Waals surface area contributed by atoms with Crippen LogP contribution in [0.2, 0.25) is 5.02 Å². The number of hydrogen-bond donors (Lipinski definition) is 2. The lowest BCUT2D eigenvalue weighted by atomic mass is 10.1. The number of hydrogen-bond acceptors (Lipinski definition) is 2. The second-order valence-corrected chi connectivity index (χ2v) is 5.45. The van der Waals surface area contributed by atoms with Gasteiger partial charge >= 0.3 is 0 Å². The highest BCUT2D eigenvalue weighted by Gasteiger charge is 2.06. The van der Waals surface area contributed by atoms with Crippen LogP contribution in [0.15, 0.2) is 47.4 Å². The monoisotopic (exact) mass is 294 g/mol. The Balaban J connectivity index is 2.10. The Kier molecular flexibility index (Phi) is 4.45. The normalized spacial score (nSPS) is 10.4. The lowest BCUT2D eigenvalue weighted by Gasteiger charge is -2.06. The van der Waals surface area contributed by atoms with Crippen molar-refractivity contribution in [2.75, 3.05) is 0 Å². The van der Waals surface area contributed by atoms with E-state index in [0.717, 1.165) is 4.90 Å². The minimum absolute atomic E-state index is 0.132. The molecular formula is C14H12ClFN2S. The van der Waals surface area contributed by atoms with Gasteiger partial charge in [-0.2, -0.15) is 0 Å². The van der Waals surface area contributed by atoms with E-state index in [-0.39, 0.29) is 11.7 Å². The third kappa shape index (κ3) is 3.72. The number of halogens is 2. The molecule has 0 aliphatic carbocycles. The maximum atomic E-state index is 13.8. The lowest BCUT2D eigenvalue weighted by Crippen LogP contribution is -2.11. The van der Waals surface area contributed by atoms with E-state index in [4.69, 9.17) is 22.7 Å². The first-order chi connectivity index (χ1) is 9.06. The summed E-state index contributed by atoms with van der Waals surface area (Å²) in [6.45, 7) is 0. The molecule has 0 aliphatic rings. The molecule has 0 amide bonds. The topological polar surface area (TPSA) is 49.9 Å². The molecule has 3 N–H and O–H groups in total. The van der Waals surface area contributed by atoms with Gasteiger partial charge in [0.25, 0.3) is 0 Å². The van der Waals surface area contributed by atoms with Crippen molar-refractivity contribution in [2.45, 2.75) is 10.6 Å². The standard InChI is InChI=1S/C14H12ClFN2S/c15-11-2-1-3-12(7-11)19-8-10-5-4-9(14(17)18)6-13(10)16/h1-7H,8H2,(H3,17,18). The summed E-state index contributed by atoms with van der Waals surface area (Å²) in [5.74, 6) is 0.0276. The predicted octanol–water partition coefficient (Wildman–Crippen LogP) is 4.06. The van der Waals surface area contributed by atoms with Crippen LogP contribution in [0.1, 0.15) is 11.1 Å². The quantitative estimate of drug-likeness (QED) is 0.507. The van der Waals surface area contributed by atoms with Gasteiger partial charge in [-0.3, -0.25) is 5.41 Å². The molecule has 0 saturated heterocycles. The van der Waals surface area contributed by atoms with Crippen LogP contribution < -0.4 is 5.73 Å². The highest BCUT2D eigenvalue weighted by atomic mass is 35.5. The van der Waals surface area contributed by atoms with Gasteiger partial charge in [-0.1, -0.05) is 29.8 Å². The molecule has 0 aromatic heterocycles. The Hall–Kier alpha value is -1.52. The van der Waals surface area contributed by atoms with Crippen molar-refractivity contribution < 1.29 is 4.39 Å². The minimum Gasteiger partial charge on any atom is -0.384 e. The van der Waals surface area contributed by atoms with Crippen molar-refractivity contribution >= 4 is 29.2 Å². The first kappa shape index (κ1) is 13.9. The molecule has 0 fully saturated rings. The van der Waals surface area contributed by atoms with E-state index in [1.54, 1.807) is 18.2 Å². The molecular weight excluding hydrogens is 283 g/mol. The van der Waals surface area contributed by atoms with Crippen molar-refractivity contribution in [2.24, 2.45) is 5.73 Å². The van der Waals surface area contributed by atoms with Crippen LogP contribution in [0.5, 0.6) is 0 Å². The maximum Gasteiger partial charge on any atom is 0.127 e. The summed E-state index contributed by atoms with van der Waals surface area (Å²) in [4.78, 5) is 0.988. The number of benzene rings is 2. The van der Waals surface area contributed by atoms with Gasteiger partial charge in [0.2, 0.25) is 0 Å². The zero-order valence-electron chi connectivity index (χ0n) is 9.99. The third-order valence-corrected chi connectivity index (χ3v) is 3.83. The Morgan fingerprint density at radius 3 is 2.68 bits per heavy atom. The van der Waals surface area contributed by atoms with Gasteiger partial charge in [-0.15, -0.1) is 11.8 Å². The predicted molar refractivity (Wildman–Crippen MR) is 78.4 cm³/mol. The van der Waals surface area contributed by atoms with E-state index >= 15 is 0 Å². The number of nitrogens with two attached hydrogens (primary N) is 1. The molecule has 0 unspecified atom stereocenters. The summed E-state index contributed by atoms with van der Waals surface area (Å²) in [7, 11) is 0. The summed E-state index contributed by atoms with van der Waals surface area (Å²) >= 11 is 7.40. The van der Waals surface area contributed by atoms with Crippen LogP contribution in [0.4, 0.5) is 4.39 Å². The molecule has 19 heavy (non-hydrogen) atoms. The van der Waals surface area contributed by atoms with Crippen LogP contribution in [0, 0.1) is 11.2 Å². The van der Waals surface area contributed by atoms with Gasteiger partial charge in [0, 0.05) is 21.2 Å². The molecule has 98 valence electrons. The van der Waals surface area contributed by atoms with Crippen molar-refractivity contribution in [1.82, 2.24) is 0 Å². The molecule has 0 saturated carbocycles. The molecule has 0 radical (unpaired) electrons. The number of nitrogens with one attached hydrogen (secondary N) is 1. The van der Waals surface area contributed by atoms with Gasteiger partial charge in [0.05, 0.1) is 0 Å². The van der Waals surface area contributed by atoms with Gasteiger partial charge in [-0.05, 0) is 29.8 Å². The molecule has 0 atom stereocenters. The molecule has 2 rings (SSSR count). The lowest BCUT2D eigenvalue weighted by molar-refractivity contribution is 0.617. The number of rotatable bonds is 4. The summed E-state index contributed by atoms with van der Waals surface area (Å²) in [5.41, 5.74) is 6.29. The fraction of sp³-hybridized carbons (Fsp3) is 0.0714. The van der Waals surface area contributed by atoms with Crippen LogP contribution in [-0.4, -0.2) is 5.84 Å². The Labute approximate surface area is 120 Å². The Morgan fingerprint density at radius 1 is 1.26 bits per heavy atom. The molecule has 0 aliphatic heterocycles. The van der Waals surface area contributed by atoms with Gasteiger partial charge in [0.1, 0.15) is 11.7 Å². The van der Waals surface area contributed by atoms with Crippen LogP contribution >= 0.6 is 23.4 Å². The first-order valence-electron chi connectivity index (χ1n) is 5.57. The summed E-state index contributed by atoms with van der Waals surface area (Å²) in [6, 6.07) is 12.0. The summed E-state index contributed by atoms with van der Waals surface area (Å²) in [6.07, 6.45) is 0. The van der Waals surface area contributed by atoms with Crippen molar-refractivity contribution in [1.29, 1.82) is 5.41 Å². The second-order valence-electron chi connectivity index (χ2n) is 3.97. The number of thioether (sulfide) groups is 1. The maximum absolute atomic E-state index is 13.8. The van der Waals surface area contributed by atoms with E-state index in [0.29, 0.717) is 21.9 Å². The highest BCUT2D eigenvalue weighted by Crippen LogP contribution is 2.26. The smallest absolute Gasteiger partial charge is 0.127 e. The molecule has 0 spiro atoms. The Morgan fingerprint density at radius 2 is 2.05 bits per heavy atom. The second kappa shape index (κ2) is 6.08. The van der Waals surface area contributed by atoms with Crippen molar-refractivity contribution in [3.8, 4) is 0 Å². The van der Waals surface area contributed by atoms with Gasteiger partial charge in [-0.25, -0.2) is 4.39 Å². The van der Waals surface area contributed by atoms with Crippen LogP contribution in [0.3, 0.4) is 0 Å². The number of nitrogen functional groups attached to an aromatic ring is 1. The van der Waals surface area contributed by atoms with Crippen molar-refractivity contribution in [3.05, 3.63) is 64.4 Å².